The molecule has 2 rings (SSSR count). The normalized spacial score (nSPS) is 11.7. The summed E-state index contributed by atoms with van der Waals surface area (Å²) in [6, 6.07) is 9.45. The Hall–Kier alpha value is -2.33. The third kappa shape index (κ3) is 2.97. The smallest absolute Gasteiger partial charge is 0.293 e. The van der Waals surface area contributed by atoms with E-state index in [2.05, 4.69) is 21.2 Å². The highest BCUT2D eigenvalue weighted by Gasteiger charge is 2.18. The predicted molar refractivity (Wildman–Crippen MR) is 76.3 cm³/mol. The summed E-state index contributed by atoms with van der Waals surface area (Å²) in [5.41, 5.74) is 0.450. The van der Waals surface area contributed by atoms with Crippen LogP contribution < -0.4 is 5.32 Å². The van der Waals surface area contributed by atoms with Gasteiger partial charge in [0.1, 0.15) is 11.4 Å². The van der Waals surface area contributed by atoms with Crippen LogP contribution in [0.5, 0.6) is 0 Å². The molecule has 0 aliphatic heterocycles. The number of furan rings is 1. The van der Waals surface area contributed by atoms with E-state index in [1.165, 1.54) is 18.2 Å². The maximum atomic E-state index is 11.0. The van der Waals surface area contributed by atoms with Crippen LogP contribution in [0.2, 0.25) is 0 Å². The van der Waals surface area contributed by atoms with Crippen molar-refractivity contribution in [3.8, 4) is 6.07 Å². The van der Waals surface area contributed by atoms with Gasteiger partial charge in [0.25, 0.3) is 5.69 Å². The number of halogens is 1. The first kappa shape index (κ1) is 14.1. The summed E-state index contributed by atoms with van der Waals surface area (Å²) in [4.78, 5) is 10.5. The summed E-state index contributed by atoms with van der Waals surface area (Å²) >= 11 is 3.20. The highest BCUT2D eigenvalue weighted by molar-refractivity contribution is 9.10. The lowest BCUT2D eigenvalue weighted by atomic mass is 10.1. The number of benzene rings is 1. The minimum Gasteiger partial charge on any atom is -0.452 e. The number of hydrogen-bond acceptors (Lipinski definition) is 5. The minimum atomic E-state index is -0.520. The summed E-state index contributed by atoms with van der Waals surface area (Å²) in [6.45, 7) is 1.83. The molecule has 102 valence electrons. The van der Waals surface area contributed by atoms with Crippen molar-refractivity contribution in [2.75, 3.05) is 5.32 Å². The molecule has 0 amide bonds. The number of nitrogens with zero attached hydrogens (tertiary/aromatic N) is 2. The van der Waals surface area contributed by atoms with Crippen LogP contribution in [0.25, 0.3) is 0 Å². The molecule has 1 atom stereocenters. The number of nitro groups is 1. The lowest BCUT2D eigenvalue weighted by Gasteiger charge is -2.13. The average Bonchev–Trinajstić information content (AvgIpc) is 2.85. The Bertz CT molecular complexity index is 690. The Morgan fingerprint density at radius 1 is 1.45 bits per heavy atom. The first-order chi connectivity index (χ1) is 9.51. The number of nitriles is 1. The Labute approximate surface area is 123 Å². The maximum Gasteiger partial charge on any atom is 0.293 e. The second-order valence-electron chi connectivity index (χ2n) is 4.11. The molecule has 2 aromatic rings. The van der Waals surface area contributed by atoms with Gasteiger partial charge < -0.3 is 9.73 Å². The summed E-state index contributed by atoms with van der Waals surface area (Å²) in [7, 11) is 0. The number of nitrogens with one attached hydrogen (secondary N) is 1. The fourth-order valence-corrected chi connectivity index (χ4v) is 2.06. The van der Waals surface area contributed by atoms with E-state index in [0.29, 0.717) is 16.1 Å². The molecule has 6 nitrogen and oxygen atoms in total. The summed E-state index contributed by atoms with van der Waals surface area (Å²) in [5.74, 6) is 0.649. The van der Waals surface area contributed by atoms with Crippen LogP contribution in [-0.2, 0) is 0 Å². The van der Waals surface area contributed by atoms with Gasteiger partial charge >= 0.3 is 0 Å². The summed E-state index contributed by atoms with van der Waals surface area (Å²) in [6.07, 6.45) is 0. The number of anilines is 1. The third-order valence-electron chi connectivity index (χ3n) is 2.72. The zero-order chi connectivity index (χ0) is 14.7. The van der Waals surface area contributed by atoms with Gasteiger partial charge in [-0.25, -0.2) is 0 Å². The SMILES string of the molecule is CC(Nc1ccc(C#N)cc1[N+](=O)[O-])c1ccc(Br)o1. The molecule has 0 saturated heterocycles. The van der Waals surface area contributed by atoms with E-state index in [-0.39, 0.29) is 17.3 Å². The van der Waals surface area contributed by atoms with Crippen molar-refractivity contribution >= 4 is 27.3 Å². The first-order valence-corrected chi connectivity index (χ1v) is 6.51. The molecule has 1 aromatic heterocycles. The van der Waals surface area contributed by atoms with Crippen LogP contribution in [0.3, 0.4) is 0 Å². The molecule has 20 heavy (non-hydrogen) atoms. The van der Waals surface area contributed by atoms with Crippen molar-refractivity contribution < 1.29 is 9.34 Å². The molecule has 1 N–H and O–H groups in total. The molecule has 1 aromatic carbocycles. The number of hydrogen-bond donors (Lipinski definition) is 1. The van der Waals surface area contributed by atoms with Gasteiger partial charge in [0.05, 0.1) is 22.6 Å². The number of nitro benzene ring substituents is 1. The topological polar surface area (TPSA) is 92.1 Å². The minimum absolute atomic E-state index is 0.137. The van der Waals surface area contributed by atoms with Gasteiger partial charge in [-0.05, 0) is 47.1 Å². The molecule has 1 heterocycles. The molecule has 0 aliphatic carbocycles. The van der Waals surface area contributed by atoms with Crippen LogP contribution in [0.4, 0.5) is 11.4 Å². The average molecular weight is 336 g/mol. The second-order valence-corrected chi connectivity index (χ2v) is 4.89. The van der Waals surface area contributed by atoms with Crippen LogP contribution in [0, 0.1) is 21.4 Å². The number of rotatable bonds is 4. The fraction of sp³-hybridized carbons (Fsp3) is 0.154. The molecule has 7 heteroatoms. The summed E-state index contributed by atoms with van der Waals surface area (Å²) in [5, 5.41) is 22.8. The van der Waals surface area contributed by atoms with Crippen molar-refractivity contribution in [1.29, 1.82) is 5.26 Å². The van der Waals surface area contributed by atoms with Crippen molar-refractivity contribution in [2.24, 2.45) is 0 Å². The standard InChI is InChI=1S/C13H10BrN3O3/c1-8(12-4-5-13(14)20-12)16-10-3-2-9(7-15)6-11(10)17(18)19/h2-6,8,16H,1H3. The van der Waals surface area contributed by atoms with Crippen LogP contribution >= 0.6 is 15.9 Å². The molecule has 0 radical (unpaired) electrons. The molecular formula is C13H10BrN3O3. The Kier molecular flexibility index (Phi) is 4.05. The largest absolute Gasteiger partial charge is 0.452 e. The van der Waals surface area contributed by atoms with Gasteiger partial charge in [0.15, 0.2) is 4.67 Å². The zero-order valence-corrected chi connectivity index (χ0v) is 12.0. The maximum absolute atomic E-state index is 11.0. The molecule has 0 bridgehead atoms. The molecule has 0 aliphatic rings. The van der Waals surface area contributed by atoms with Gasteiger partial charge in [-0.2, -0.15) is 5.26 Å². The van der Waals surface area contributed by atoms with Crippen LogP contribution in [0.15, 0.2) is 39.4 Å². The molecule has 0 spiro atoms. The fourth-order valence-electron chi connectivity index (χ4n) is 1.74. The lowest BCUT2D eigenvalue weighted by Crippen LogP contribution is -2.07. The van der Waals surface area contributed by atoms with E-state index in [4.69, 9.17) is 9.68 Å². The van der Waals surface area contributed by atoms with Gasteiger partial charge in [0, 0.05) is 6.07 Å². The second kappa shape index (κ2) is 5.75. The molecule has 0 fully saturated rings. The Balaban J connectivity index is 2.29. The van der Waals surface area contributed by atoms with Gasteiger partial charge in [-0.1, -0.05) is 0 Å². The van der Waals surface area contributed by atoms with Gasteiger partial charge in [0.2, 0.25) is 0 Å². The van der Waals surface area contributed by atoms with Gasteiger partial charge in [-0.15, -0.1) is 0 Å². The monoisotopic (exact) mass is 335 g/mol. The lowest BCUT2D eigenvalue weighted by molar-refractivity contribution is -0.384. The van der Waals surface area contributed by atoms with Gasteiger partial charge in [-0.3, -0.25) is 10.1 Å². The first-order valence-electron chi connectivity index (χ1n) is 5.71. The predicted octanol–water partition coefficient (Wildman–Crippen LogP) is 4.00. The van der Waals surface area contributed by atoms with Crippen LogP contribution in [0.1, 0.15) is 24.3 Å². The molecule has 1 unspecified atom stereocenters. The van der Waals surface area contributed by atoms with E-state index in [1.807, 2.05) is 13.0 Å². The van der Waals surface area contributed by atoms with E-state index in [1.54, 1.807) is 12.1 Å². The Morgan fingerprint density at radius 3 is 2.75 bits per heavy atom. The third-order valence-corrected chi connectivity index (χ3v) is 3.14. The quantitative estimate of drug-likeness (QED) is 0.673. The van der Waals surface area contributed by atoms with E-state index < -0.39 is 4.92 Å². The zero-order valence-electron chi connectivity index (χ0n) is 10.5. The van der Waals surface area contributed by atoms with E-state index in [0.717, 1.165) is 0 Å². The van der Waals surface area contributed by atoms with Crippen molar-refractivity contribution in [3.63, 3.8) is 0 Å². The highest BCUT2D eigenvalue weighted by Crippen LogP contribution is 2.30. The Morgan fingerprint density at radius 2 is 2.20 bits per heavy atom. The highest BCUT2D eigenvalue weighted by atomic mass is 79.9. The van der Waals surface area contributed by atoms with E-state index in [9.17, 15) is 10.1 Å². The molecular weight excluding hydrogens is 326 g/mol. The van der Waals surface area contributed by atoms with Crippen molar-refractivity contribution in [1.82, 2.24) is 0 Å². The van der Waals surface area contributed by atoms with E-state index >= 15 is 0 Å². The van der Waals surface area contributed by atoms with Crippen molar-refractivity contribution in [3.05, 3.63) is 56.4 Å². The molecule has 0 saturated carbocycles. The van der Waals surface area contributed by atoms with Crippen molar-refractivity contribution in [2.45, 2.75) is 13.0 Å². The summed E-state index contributed by atoms with van der Waals surface area (Å²) < 4.78 is 5.99. The van der Waals surface area contributed by atoms with Crippen LogP contribution in [-0.4, -0.2) is 4.92 Å².